The molecule has 3 aliphatic rings. The molecule has 1 radical (unpaired) electrons. The van der Waals surface area contributed by atoms with Crippen molar-refractivity contribution in [3.8, 4) is 0 Å². The fourth-order valence-corrected chi connectivity index (χ4v) is 7.67. The molecule has 4 nitrogen and oxygen atoms in total. The second kappa shape index (κ2) is 13.3. The summed E-state index contributed by atoms with van der Waals surface area (Å²) < 4.78 is 0. The Labute approximate surface area is 297 Å². The van der Waals surface area contributed by atoms with Crippen LogP contribution < -0.4 is 20.7 Å². The minimum atomic E-state index is -0.0195. The van der Waals surface area contributed by atoms with Gasteiger partial charge in [0.05, 0.1) is 0 Å². The molecule has 2 saturated heterocycles. The van der Waals surface area contributed by atoms with E-state index in [1.54, 1.807) is 0 Å². The normalized spacial score (nSPS) is 23.8. The van der Waals surface area contributed by atoms with Crippen LogP contribution in [-0.4, -0.2) is 12.1 Å². The SMILES string of the molecule is [Co+2].c1ccc(/C2=C3\CCC([N-]3)/C(c3ccccc3)=c3/cc/c([n-]3)=C(\c3ccccc3)C3CC/C(=C(\c4ccccc4)c4ccc2[n-]4)[N-]3)cc1. The van der Waals surface area contributed by atoms with E-state index in [-0.39, 0.29) is 28.9 Å². The maximum absolute atomic E-state index is 5.52. The van der Waals surface area contributed by atoms with Crippen LogP contribution in [0.25, 0.3) is 32.9 Å². The van der Waals surface area contributed by atoms with Gasteiger partial charge in [0.2, 0.25) is 0 Å². The van der Waals surface area contributed by atoms with Crippen molar-refractivity contribution in [3.05, 3.63) is 212 Å². The molecule has 0 spiro atoms. The van der Waals surface area contributed by atoms with Crippen molar-refractivity contribution in [3.63, 3.8) is 0 Å². The Kier molecular flexibility index (Phi) is 8.46. The quantitative estimate of drug-likeness (QED) is 0.189. The van der Waals surface area contributed by atoms with Gasteiger partial charge in [-0.1, -0.05) is 193 Å². The molecule has 4 aromatic carbocycles. The van der Waals surface area contributed by atoms with Crippen LogP contribution in [0.1, 0.15) is 59.3 Å². The summed E-state index contributed by atoms with van der Waals surface area (Å²) in [5, 5.41) is 13.0. The van der Waals surface area contributed by atoms with E-state index in [0.717, 1.165) is 92.6 Å². The van der Waals surface area contributed by atoms with Gasteiger partial charge < -0.3 is 20.6 Å². The van der Waals surface area contributed by atoms with E-state index in [0.29, 0.717) is 0 Å². The van der Waals surface area contributed by atoms with Gasteiger partial charge in [0.1, 0.15) is 0 Å². The van der Waals surface area contributed by atoms with Crippen LogP contribution in [0.3, 0.4) is 0 Å². The second-order valence-electron chi connectivity index (χ2n) is 12.7. The van der Waals surface area contributed by atoms with Gasteiger partial charge in [-0.25, -0.2) is 0 Å². The number of hydrogen-bond acceptors (Lipinski definition) is 0. The Morgan fingerprint density at radius 1 is 0.388 bits per heavy atom. The zero-order chi connectivity index (χ0) is 31.9. The monoisotopic (exact) mass is 677 g/mol. The van der Waals surface area contributed by atoms with Gasteiger partial charge in [-0.3, -0.25) is 0 Å². The molecule has 2 unspecified atom stereocenters. The first kappa shape index (κ1) is 31.1. The maximum Gasteiger partial charge on any atom is 2.00 e. The Bertz CT molecular complexity index is 2120. The van der Waals surface area contributed by atoms with Crippen molar-refractivity contribution in [2.24, 2.45) is 0 Å². The molecule has 0 aliphatic carbocycles. The summed E-state index contributed by atoms with van der Waals surface area (Å²) in [5.41, 5.74) is 13.3. The molecule has 0 N–H and O–H groups in total. The van der Waals surface area contributed by atoms with E-state index in [1.807, 2.05) is 0 Å². The number of fused-ring (bicyclic) bond motifs is 8. The molecular formula is C44H34CoN4-2. The van der Waals surface area contributed by atoms with Crippen molar-refractivity contribution in [2.75, 3.05) is 0 Å². The minimum Gasteiger partial charge on any atom is -0.681 e. The zero-order valence-corrected chi connectivity index (χ0v) is 28.0. The number of allylic oxidation sites excluding steroid dienone is 2. The molecule has 6 aromatic rings. The molecule has 5 heterocycles. The molecule has 2 atom stereocenters. The van der Waals surface area contributed by atoms with Crippen LogP contribution in [0.5, 0.6) is 0 Å². The summed E-state index contributed by atoms with van der Waals surface area (Å²) in [5.74, 6) is 0. The van der Waals surface area contributed by atoms with E-state index >= 15 is 0 Å². The van der Waals surface area contributed by atoms with Crippen LogP contribution in [0.4, 0.5) is 0 Å². The van der Waals surface area contributed by atoms with E-state index in [9.17, 15) is 0 Å². The van der Waals surface area contributed by atoms with Crippen molar-refractivity contribution in [2.45, 2.75) is 37.8 Å². The molecule has 0 amide bonds. The first-order valence-electron chi connectivity index (χ1n) is 16.9. The van der Waals surface area contributed by atoms with Crippen LogP contribution in [-0.2, 0) is 16.8 Å². The van der Waals surface area contributed by atoms with E-state index in [1.165, 1.54) is 11.1 Å². The Morgan fingerprint density at radius 2 is 0.755 bits per heavy atom. The van der Waals surface area contributed by atoms with Crippen molar-refractivity contribution >= 4 is 22.3 Å². The summed E-state index contributed by atoms with van der Waals surface area (Å²) >= 11 is 0. The van der Waals surface area contributed by atoms with Gasteiger partial charge >= 0.3 is 16.8 Å². The predicted octanol–water partition coefficient (Wildman–Crippen LogP) is 8.30. The summed E-state index contributed by atoms with van der Waals surface area (Å²) in [4.78, 5) is 10.8. The van der Waals surface area contributed by atoms with E-state index in [2.05, 4.69) is 146 Å². The van der Waals surface area contributed by atoms with Gasteiger partial charge in [0.25, 0.3) is 0 Å². The average Bonchev–Trinajstić information content (AvgIpc) is 3.98. The van der Waals surface area contributed by atoms with Gasteiger partial charge in [-0.15, -0.1) is 22.1 Å². The number of hydrogen-bond donors (Lipinski definition) is 0. The van der Waals surface area contributed by atoms with E-state index in [4.69, 9.17) is 20.6 Å². The van der Waals surface area contributed by atoms with Crippen molar-refractivity contribution in [1.29, 1.82) is 0 Å². The zero-order valence-electron chi connectivity index (χ0n) is 27.0. The first-order chi connectivity index (χ1) is 23.8. The summed E-state index contributed by atoms with van der Waals surface area (Å²) in [6.45, 7) is 0. The first-order valence-corrected chi connectivity index (χ1v) is 16.9. The molecule has 0 saturated carbocycles. The van der Waals surface area contributed by atoms with Gasteiger partial charge in [0.15, 0.2) is 0 Å². The summed E-state index contributed by atoms with van der Waals surface area (Å²) in [6.07, 6.45) is 3.56. The molecule has 2 aromatic heterocycles. The number of aromatic nitrogens is 2. The summed E-state index contributed by atoms with van der Waals surface area (Å²) in [7, 11) is 0. The Morgan fingerprint density at radius 3 is 1.14 bits per heavy atom. The number of nitrogens with zero attached hydrogens (tertiary/aromatic N) is 4. The van der Waals surface area contributed by atoms with Gasteiger partial charge in [0, 0.05) is 0 Å². The molecule has 49 heavy (non-hydrogen) atoms. The second-order valence-corrected chi connectivity index (χ2v) is 12.7. The van der Waals surface area contributed by atoms with Crippen LogP contribution in [0.2, 0.25) is 0 Å². The Balaban J connectivity index is 0.00000348. The molecule has 2 fully saturated rings. The van der Waals surface area contributed by atoms with Crippen LogP contribution in [0.15, 0.2) is 157 Å². The fraction of sp³-hybridized carbons (Fsp3) is 0.136. The maximum atomic E-state index is 5.52. The predicted molar refractivity (Wildman–Crippen MR) is 194 cm³/mol. The molecule has 5 heteroatoms. The standard InChI is InChI=1S/C44H34N4.Co/c1-5-13-29(14-6-1)41-33-21-23-35(45-33)42(30-15-7-2-8-16-30)37-25-27-39(47-37)44(32-19-11-4-12-20-32)40-28-26-38(48-40)43(31-17-9-3-10-18-31)36-24-22-34(41)46-36;/h1-21,23,26,28,34,37H,22,24-25,27H2;/q-4;+2/b41-33-,42-35-,43-36-,44-39-;. The minimum absolute atomic E-state index is 0. The molecule has 9 rings (SSSR count). The third-order valence-electron chi connectivity index (χ3n) is 9.81. The van der Waals surface area contributed by atoms with Crippen molar-refractivity contribution in [1.82, 2.24) is 9.97 Å². The Hall–Kier alpha value is -5.23. The van der Waals surface area contributed by atoms with Crippen LogP contribution in [0, 0.1) is 0 Å². The molecule has 241 valence electrons. The largest absolute Gasteiger partial charge is 2.00 e. The smallest absolute Gasteiger partial charge is 0.681 e. The molecule has 8 bridgehead atoms. The number of rotatable bonds is 4. The van der Waals surface area contributed by atoms with Gasteiger partial charge in [-0.05, 0) is 35.1 Å². The third kappa shape index (κ3) is 5.79. The number of benzene rings is 4. The molecule has 3 aliphatic heterocycles. The van der Waals surface area contributed by atoms with Crippen molar-refractivity contribution < 1.29 is 16.8 Å². The fourth-order valence-electron chi connectivity index (χ4n) is 7.67. The van der Waals surface area contributed by atoms with E-state index < -0.39 is 0 Å². The third-order valence-corrected chi connectivity index (χ3v) is 9.81. The summed E-state index contributed by atoms with van der Waals surface area (Å²) in [6, 6.07) is 51.3. The van der Waals surface area contributed by atoms with Crippen LogP contribution >= 0.6 is 0 Å². The topological polar surface area (TPSA) is 56.4 Å². The van der Waals surface area contributed by atoms with Gasteiger partial charge in [-0.2, -0.15) is 11.4 Å². The molecular weight excluding hydrogens is 643 g/mol. The average molecular weight is 678 g/mol.